The molecule has 0 unspecified atom stereocenters. The molecule has 0 saturated heterocycles. The molecule has 0 bridgehead atoms. The number of benzene rings is 1. The maximum Gasteiger partial charge on any atom is 0.216 e. The quantitative estimate of drug-likeness (QED) is 0.811. The monoisotopic (exact) mass is 298 g/mol. The summed E-state index contributed by atoms with van der Waals surface area (Å²) >= 11 is 4.94. The third-order valence-corrected chi connectivity index (χ3v) is 5.20. The Balaban J connectivity index is 2.18. The van der Waals surface area contributed by atoms with Crippen LogP contribution in [0.5, 0.6) is 0 Å². The highest BCUT2D eigenvalue weighted by molar-refractivity contribution is 7.88. The zero-order valence-corrected chi connectivity index (χ0v) is 12.5. The van der Waals surface area contributed by atoms with Crippen molar-refractivity contribution in [1.29, 1.82) is 0 Å². The lowest BCUT2D eigenvalue weighted by Crippen LogP contribution is -2.51. The molecular weight excluding hydrogens is 280 g/mol. The Labute approximate surface area is 119 Å². The molecule has 0 radical (unpaired) electrons. The average Bonchev–Trinajstić information content (AvgIpc) is 2.26. The van der Waals surface area contributed by atoms with E-state index < -0.39 is 10.0 Å². The first-order valence-corrected chi connectivity index (χ1v) is 8.27. The fraction of sp³-hybridized carbons (Fsp3) is 0.462. The van der Waals surface area contributed by atoms with Crippen LogP contribution in [0.25, 0.3) is 0 Å². The maximum absolute atomic E-state index is 12.2. The normalized spacial score (nSPS) is 17.7. The third-order valence-electron chi connectivity index (χ3n) is 3.49. The summed E-state index contributed by atoms with van der Waals surface area (Å²) in [5.74, 6) is -0.0872. The van der Waals surface area contributed by atoms with Crippen LogP contribution in [0.1, 0.15) is 37.3 Å². The van der Waals surface area contributed by atoms with E-state index in [9.17, 15) is 8.42 Å². The minimum atomic E-state index is -3.37. The van der Waals surface area contributed by atoms with Crippen LogP contribution >= 0.6 is 12.2 Å². The van der Waals surface area contributed by atoms with Crippen LogP contribution < -0.4 is 10.5 Å². The third kappa shape index (κ3) is 3.52. The molecule has 0 atom stereocenters. The lowest BCUT2D eigenvalue weighted by Gasteiger charge is -2.38. The second kappa shape index (κ2) is 5.19. The van der Waals surface area contributed by atoms with Gasteiger partial charge in [0.05, 0.1) is 5.75 Å². The Morgan fingerprint density at radius 1 is 1.42 bits per heavy atom. The fourth-order valence-corrected chi connectivity index (χ4v) is 4.20. The first kappa shape index (κ1) is 14.4. The molecule has 0 heterocycles. The van der Waals surface area contributed by atoms with Gasteiger partial charge in [-0.15, -0.1) is 0 Å². The Morgan fingerprint density at radius 3 is 2.58 bits per heavy atom. The van der Waals surface area contributed by atoms with E-state index in [-0.39, 0.29) is 16.3 Å². The molecule has 1 aliphatic carbocycles. The van der Waals surface area contributed by atoms with Gasteiger partial charge in [0.25, 0.3) is 0 Å². The minimum absolute atomic E-state index is 0.0872. The molecule has 4 nitrogen and oxygen atoms in total. The molecule has 2 rings (SSSR count). The van der Waals surface area contributed by atoms with Gasteiger partial charge in [-0.1, -0.05) is 36.5 Å². The minimum Gasteiger partial charge on any atom is -0.389 e. The highest BCUT2D eigenvalue weighted by Gasteiger charge is 2.35. The summed E-state index contributed by atoms with van der Waals surface area (Å²) in [5.41, 5.74) is 6.60. The second-order valence-electron chi connectivity index (χ2n) is 5.30. The molecule has 6 heteroatoms. The van der Waals surface area contributed by atoms with E-state index in [4.69, 9.17) is 18.0 Å². The SMILES string of the molecule is CC1(NS(=O)(=O)Cc2ccccc2C(N)=S)CCC1. The van der Waals surface area contributed by atoms with E-state index in [0.717, 1.165) is 19.3 Å². The summed E-state index contributed by atoms with van der Waals surface area (Å²) in [7, 11) is -3.37. The summed E-state index contributed by atoms with van der Waals surface area (Å²) in [4.78, 5) is 0.223. The Morgan fingerprint density at radius 2 is 2.05 bits per heavy atom. The van der Waals surface area contributed by atoms with Crippen LogP contribution in [-0.4, -0.2) is 18.9 Å². The second-order valence-corrected chi connectivity index (χ2v) is 7.46. The van der Waals surface area contributed by atoms with Gasteiger partial charge in [-0.25, -0.2) is 13.1 Å². The van der Waals surface area contributed by atoms with E-state index in [2.05, 4.69) is 4.72 Å². The molecule has 0 aliphatic heterocycles. The van der Waals surface area contributed by atoms with Gasteiger partial charge >= 0.3 is 0 Å². The molecule has 3 N–H and O–H groups in total. The van der Waals surface area contributed by atoms with E-state index in [1.165, 1.54) is 0 Å². The average molecular weight is 298 g/mol. The number of hydrogen-bond acceptors (Lipinski definition) is 3. The summed E-state index contributed by atoms with van der Waals surface area (Å²) < 4.78 is 27.1. The first-order valence-electron chi connectivity index (χ1n) is 6.21. The smallest absolute Gasteiger partial charge is 0.216 e. The lowest BCUT2D eigenvalue weighted by molar-refractivity contribution is 0.248. The number of rotatable bonds is 5. The van der Waals surface area contributed by atoms with Gasteiger partial charge in [0.15, 0.2) is 0 Å². The number of nitrogens with one attached hydrogen (secondary N) is 1. The summed E-state index contributed by atoms with van der Waals surface area (Å²) in [6.45, 7) is 1.94. The van der Waals surface area contributed by atoms with Crippen molar-refractivity contribution >= 4 is 27.2 Å². The highest BCUT2D eigenvalue weighted by Crippen LogP contribution is 2.32. The summed E-state index contributed by atoms with van der Waals surface area (Å²) in [5, 5.41) is 0. The Hall–Kier alpha value is -0.980. The van der Waals surface area contributed by atoms with E-state index in [1.54, 1.807) is 24.3 Å². The first-order chi connectivity index (χ1) is 8.81. The molecule has 19 heavy (non-hydrogen) atoms. The van der Waals surface area contributed by atoms with Crippen LogP contribution in [0.2, 0.25) is 0 Å². The maximum atomic E-state index is 12.2. The predicted molar refractivity (Wildman–Crippen MR) is 80.3 cm³/mol. The van der Waals surface area contributed by atoms with Crippen LogP contribution in [0.4, 0.5) is 0 Å². The van der Waals surface area contributed by atoms with Crippen molar-refractivity contribution in [3.63, 3.8) is 0 Å². The standard InChI is InChI=1S/C13H18N2O2S2/c1-13(7-4-8-13)15-19(16,17)9-10-5-2-3-6-11(10)12(14)18/h2-3,5-6,15H,4,7-9H2,1H3,(H2,14,18). The van der Waals surface area contributed by atoms with E-state index in [0.29, 0.717) is 11.1 Å². The van der Waals surface area contributed by atoms with Crippen molar-refractivity contribution in [3.05, 3.63) is 35.4 Å². The summed E-state index contributed by atoms with van der Waals surface area (Å²) in [6, 6.07) is 7.08. The fourth-order valence-electron chi connectivity index (χ4n) is 2.31. The Kier molecular flexibility index (Phi) is 3.94. The molecule has 1 aliphatic rings. The van der Waals surface area contributed by atoms with Crippen molar-refractivity contribution in [2.75, 3.05) is 0 Å². The van der Waals surface area contributed by atoms with E-state index in [1.807, 2.05) is 6.92 Å². The van der Waals surface area contributed by atoms with Crippen molar-refractivity contribution < 1.29 is 8.42 Å². The van der Waals surface area contributed by atoms with Crippen molar-refractivity contribution in [2.45, 2.75) is 37.5 Å². The predicted octanol–water partition coefficient (Wildman–Crippen LogP) is 1.68. The van der Waals surface area contributed by atoms with Gasteiger partial charge in [-0.05, 0) is 31.7 Å². The van der Waals surface area contributed by atoms with E-state index >= 15 is 0 Å². The molecule has 0 amide bonds. The topological polar surface area (TPSA) is 72.2 Å². The summed E-state index contributed by atoms with van der Waals surface area (Å²) in [6.07, 6.45) is 2.86. The highest BCUT2D eigenvalue weighted by atomic mass is 32.2. The van der Waals surface area contributed by atoms with Gasteiger partial charge < -0.3 is 5.73 Å². The number of sulfonamides is 1. The molecule has 0 aromatic heterocycles. The lowest BCUT2D eigenvalue weighted by atomic mass is 9.80. The van der Waals surface area contributed by atoms with Crippen molar-refractivity contribution in [3.8, 4) is 0 Å². The van der Waals surface area contributed by atoms with Crippen LogP contribution in [-0.2, 0) is 15.8 Å². The molecular formula is C13H18N2O2S2. The molecule has 1 saturated carbocycles. The zero-order valence-electron chi connectivity index (χ0n) is 10.8. The molecule has 0 spiro atoms. The van der Waals surface area contributed by atoms with Gasteiger partial charge in [0, 0.05) is 11.1 Å². The number of thiocarbonyl (C=S) groups is 1. The molecule has 104 valence electrons. The largest absolute Gasteiger partial charge is 0.389 e. The molecule has 1 aromatic carbocycles. The van der Waals surface area contributed by atoms with Crippen LogP contribution in [0, 0.1) is 0 Å². The van der Waals surface area contributed by atoms with Gasteiger partial charge in [-0.2, -0.15) is 0 Å². The zero-order chi connectivity index (χ0) is 14.1. The molecule has 1 fully saturated rings. The van der Waals surface area contributed by atoms with Gasteiger partial charge in [-0.3, -0.25) is 0 Å². The van der Waals surface area contributed by atoms with Crippen LogP contribution in [0.3, 0.4) is 0 Å². The number of nitrogens with two attached hydrogens (primary N) is 1. The molecule has 1 aromatic rings. The van der Waals surface area contributed by atoms with Crippen molar-refractivity contribution in [1.82, 2.24) is 4.72 Å². The Bertz CT molecular complexity index is 592. The van der Waals surface area contributed by atoms with Crippen molar-refractivity contribution in [2.24, 2.45) is 5.73 Å². The van der Waals surface area contributed by atoms with Gasteiger partial charge in [0.1, 0.15) is 4.99 Å². The van der Waals surface area contributed by atoms with Gasteiger partial charge in [0.2, 0.25) is 10.0 Å². The number of hydrogen-bond donors (Lipinski definition) is 2. The van der Waals surface area contributed by atoms with Crippen LogP contribution in [0.15, 0.2) is 24.3 Å².